The van der Waals surface area contributed by atoms with Gasteiger partial charge in [0.1, 0.15) is 0 Å². The zero-order valence-electron chi connectivity index (χ0n) is 5.92. The second-order valence-electron chi connectivity index (χ2n) is 2.32. The SMILES string of the molecule is C#C.O=C(O)C1CCCC1. The molecule has 2 heteroatoms. The molecule has 0 aliphatic heterocycles. The maximum atomic E-state index is 10.2. The number of hydrogen-bond acceptors (Lipinski definition) is 1. The molecule has 1 saturated carbocycles. The molecular weight excluding hydrogens is 128 g/mol. The molecule has 0 aromatic carbocycles. The van der Waals surface area contributed by atoms with Crippen molar-refractivity contribution in [3.63, 3.8) is 0 Å². The maximum Gasteiger partial charge on any atom is 0.306 e. The summed E-state index contributed by atoms with van der Waals surface area (Å²) in [5.41, 5.74) is 0. The molecule has 0 aromatic rings. The third-order valence-corrected chi connectivity index (χ3v) is 1.70. The average Bonchev–Trinajstić information content (AvgIpc) is 2.42. The van der Waals surface area contributed by atoms with Gasteiger partial charge in [-0.2, -0.15) is 0 Å². The molecule has 2 nitrogen and oxygen atoms in total. The molecule has 0 amide bonds. The van der Waals surface area contributed by atoms with Gasteiger partial charge in [0, 0.05) is 0 Å². The number of aliphatic carboxylic acids is 1. The Balaban J connectivity index is 0.000000371. The van der Waals surface area contributed by atoms with Crippen molar-refractivity contribution in [3.05, 3.63) is 0 Å². The quantitative estimate of drug-likeness (QED) is 0.560. The molecule has 0 bridgehead atoms. The van der Waals surface area contributed by atoms with Crippen LogP contribution in [0.25, 0.3) is 0 Å². The van der Waals surface area contributed by atoms with Gasteiger partial charge in [0.2, 0.25) is 0 Å². The number of terminal acetylenes is 1. The van der Waals surface area contributed by atoms with E-state index in [1.54, 1.807) is 0 Å². The number of carbonyl (C=O) groups is 1. The van der Waals surface area contributed by atoms with Gasteiger partial charge in [-0.05, 0) is 12.8 Å². The molecule has 1 rings (SSSR count). The first kappa shape index (κ1) is 9.03. The van der Waals surface area contributed by atoms with E-state index in [0.29, 0.717) is 0 Å². The number of rotatable bonds is 1. The van der Waals surface area contributed by atoms with E-state index in [1.807, 2.05) is 0 Å². The van der Waals surface area contributed by atoms with Crippen molar-refractivity contribution in [1.29, 1.82) is 0 Å². The molecule has 0 radical (unpaired) electrons. The van der Waals surface area contributed by atoms with Crippen LogP contribution < -0.4 is 0 Å². The molecule has 0 heterocycles. The van der Waals surface area contributed by atoms with E-state index in [0.717, 1.165) is 25.7 Å². The molecule has 1 fully saturated rings. The van der Waals surface area contributed by atoms with E-state index < -0.39 is 5.97 Å². The highest BCUT2D eigenvalue weighted by molar-refractivity contribution is 5.70. The topological polar surface area (TPSA) is 37.3 Å². The van der Waals surface area contributed by atoms with E-state index in [4.69, 9.17) is 5.11 Å². The number of hydrogen-bond donors (Lipinski definition) is 1. The molecule has 1 aliphatic rings. The molecule has 0 spiro atoms. The lowest BCUT2D eigenvalue weighted by Crippen LogP contribution is -2.07. The molecule has 0 aromatic heterocycles. The molecule has 0 saturated heterocycles. The van der Waals surface area contributed by atoms with Crippen LogP contribution in [0.5, 0.6) is 0 Å². The Labute approximate surface area is 61.2 Å². The Morgan fingerprint density at radius 1 is 1.30 bits per heavy atom. The summed E-state index contributed by atoms with van der Waals surface area (Å²) >= 11 is 0. The summed E-state index contributed by atoms with van der Waals surface area (Å²) in [5.74, 6) is -0.627. The number of carboxylic acid groups (broad SMARTS) is 1. The molecule has 56 valence electrons. The first-order chi connectivity index (χ1) is 4.80. The fourth-order valence-corrected chi connectivity index (χ4v) is 1.17. The average molecular weight is 140 g/mol. The smallest absolute Gasteiger partial charge is 0.306 e. The lowest BCUT2D eigenvalue weighted by atomic mass is 10.1. The van der Waals surface area contributed by atoms with Crippen molar-refractivity contribution < 1.29 is 9.90 Å². The van der Waals surface area contributed by atoms with Gasteiger partial charge in [-0.15, -0.1) is 12.8 Å². The summed E-state index contributed by atoms with van der Waals surface area (Å²) < 4.78 is 0. The van der Waals surface area contributed by atoms with Gasteiger partial charge in [0.15, 0.2) is 0 Å². The second kappa shape index (κ2) is 4.87. The van der Waals surface area contributed by atoms with Crippen LogP contribution in [-0.4, -0.2) is 11.1 Å². The van der Waals surface area contributed by atoms with Crippen molar-refractivity contribution in [1.82, 2.24) is 0 Å². The second-order valence-corrected chi connectivity index (χ2v) is 2.32. The van der Waals surface area contributed by atoms with E-state index in [2.05, 4.69) is 12.8 Å². The van der Waals surface area contributed by atoms with Gasteiger partial charge in [-0.3, -0.25) is 4.79 Å². The van der Waals surface area contributed by atoms with E-state index >= 15 is 0 Å². The highest BCUT2D eigenvalue weighted by Crippen LogP contribution is 2.24. The maximum absolute atomic E-state index is 10.2. The van der Waals surface area contributed by atoms with Crippen LogP contribution in [0.2, 0.25) is 0 Å². The minimum atomic E-state index is -0.609. The summed E-state index contributed by atoms with van der Waals surface area (Å²) in [6.07, 6.45) is 12.0. The number of carboxylic acids is 1. The lowest BCUT2D eigenvalue weighted by molar-refractivity contribution is -0.141. The lowest BCUT2D eigenvalue weighted by Gasteiger charge is -1.97. The van der Waals surface area contributed by atoms with Crippen LogP contribution >= 0.6 is 0 Å². The van der Waals surface area contributed by atoms with Gasteiger partial charge < -0.3 is 5.11 Å². The summed E-state index contributed by atoms with van der Waals surface area (Å²) in [6, 6.07) is 0. The van der Waals surface area contributed by atoms with Crippen molar-refractivity contribution >= 4 is 5.97 Å². The highest BCUT2D eigenvalue weighted by atomic mass is 16.4. The van der Waals surface area contributed by atoms with Crippen LogP contribution in [0.1, 0.15) is 25.7 Å². The Morgan fingerprint density at radius 2 is 1.70 bits per heavy atom. The third-order valence-electron chi connectivity index (χ3n) is 1.70. The molecular formula is C8H12O2. The Morgan fingerprint density at radius 3 is 1.90 bits per heavy atom. The van der Waals surface area contributed by atoms with Crippen LogP contribution in [0.3, 0.4) is 0 Å². The van der Waals surface area contributed by atoms with Crippen LogP contribution in [0.15, 0.2) is 0 Å². The standard InChI is InChI=1S/C6H10O2.C2H2/c7-6(8)5-3-1-2-4-5;1-2/h5H,1-4H2,(H,7,8);1-2H. The Bertz CT molecular complexity index is 120. The fourth-order valence-electron chi connectivity index (χ4n) is 1.17. The monoisotopic (exact) mass is 140 g/mol. The largest absolute Gasteiger partial charge is 0.481 e. The minimum Gasteiger partial charge on any atom is -0.481 e. The van der Waals surface area contributed by atoms with Crippen molar-refractivity contribution in [2.45, 2.75) is 25.7 Å². The van der Waals surface area contributed by atoms with Crippen LogP contribution in [0.4, 0.5) is 0 Å². The third kappa shape index (κ3) is 2.54. The fraction of sp³-hybridized carbons (Fsp3) is 0.625. The first-order valence-corrected chi connectivity index (χ1v) is 3.37. The summed E-state index contributed by atoms with van der Waals surface area (Å²) in [7, 11) is 0. The van der Waals surface area contributed by atoms with Gasteiger partial charge >= 0.3 is 5.97 Å². The van der Waals surface area contributed by atoms with Gasteiger partial charge in [-0.1, -0.05) is 12.8 Å². The van der Waals surface area contributed by atoms with Gasteiger partial charge in [-0.25, -0.2) is 0 Å². The molecule has 1 N–H and O–H groups in total. The molecule has 0 unspecified atom stereocenters. The Kier molecular flexibility index (Phi) is 4.39. The predicted molar refractivity (Wildman–Crippen MR) is 39.5 cm³/mol. The van der Waals surface area contributed by atoms with Crippen molar-refractivity contribution in [2.75, 3.05) is 0 Å². The van der Waals surface area contributed by atoms with E-state index in [-0.39, 0.29) is 5.92 Å². The summed E-state index contributed by atoms with van der Waals surface area (Å²) in [5, 5.41) is 8.41. The summed E-state index contributed by atoms with van der Waals surface area (Å²) in [4.78, 5) is 10.2. The molecule has 1 aliphatic carbocycles. The minimum absolute atomic E-state index is 0.0185. The normalized spacial score (nSPS) is 17.4. The highest BCUT2D eigenvalue weighted by Gasteiger charge is 2.20. The zero-order chi connectivity index (χ0) is 7.98. The van der Waals surface area contributed by atoms with Crippen LogP contribution in [-0.2, 0) is 4.79 Å². The van der Waals surface area contributed by atoms with Crippen molar-refractivity contribution in [3.8, 4) is 12.8 Å². The van der Waals surface area contributed by atoms with Crippen molar-refractivity contribution in [2.24, 2.45) is 5.92 Å². The Hall–Kier alpha value is -0.970. The van der Waals surface area contributed by atoms with Gasteiger partial charge in [0.25, 0.3) is 0 Å². The molecule has 0 atom stereocenters. The van der Waals surface area contributed by atoms with Gasteiger partial charge in [0.05, 0.1) is 5.92 Å². The summed E-state index contributed by atoms with van der Waals surface area (Å²) in [6.45, 7) is 0. The zero-order valence-corrected chi connectivity index (χ0v) is 5.92. The van der Waals surface area contributed by atoms with E-state index in [1.165, 1.54) is 0 Å². The van der Waals surface area contributed by atoms with E-state index in [9.17, 15) is 4.79 Å². The molecule has 10 heavy (non-hydrogen) atoms. The van der Waals surface area contributed by atoms with Crippen LogP contribution in [0, 0.1) is 18.8 Å². The predicted octanol–water partition coefficient (Wildman–Crippen LogP) is 1.51. The first-order valence-electron chi connectivity index (χ1n) is 3.37.